The van der Waals surface area contributed by atoms with Gasteiger partial charge in [-0.2, -0.15) is 0 Å². The number of rotatable bonds is 3. The number of carbonyl (C=O) groups is 1. The molecule has 0 spiro atoms. The SMILES string of the molecule is C=C(C)C(=O)OCc1cnc(C)[nH]1. The minimum absolute atomic E-state index is 0.215. The Morgan fingerprint density at radius 1 is 1.77 bits per heavy atom. The summed E-state index contributed by atoms with van der Waals surface area (Å²) in [6, 6.07) is 0. The standard InChI is InChI=1S/C9H12N2O2/c1-6(2)9(12)13-5-8-4-10-7(3)11-8/h4H,1,5H2,2-3H3,(H,10,11). The van der Waals surface area contributed by atoms with E-state index >= 15 is 0 Å². The molecule has 13 heavy (non-hydrogen) atoms. The van der Waals surface area contributed by atoms with Gasteiger partial charge in [0.2, 0.25) is 0 Å². The number of hydrogen-bond donors (Lipinski definition) is 1. The molecule has 0 fully saturated rings. The number of aryl methyl sites for hydroxylation is 1. The van der Waals surface area contributed by atoms with Gasteiger partial charge in [0.05, 0.1) is 11.9 Å². The van der Waals surface area contributed by atoms with Gasteiger partial charge in [0, 0.05) is 5.57 Å². The summed E-state index contributed by atoms with van der Waals surface area (Å²) in [5, 5.41) is 0. The minimum atomic E-state index is -0.382. The molecule has 0 bridgehead atoms. The fraction of sp³-hybridized carbons (Fsp3) is 0.333. The summed E-state index contributed by atoms with van der Waals surface area (Å²) in [5.74, 6) is 0.425. The fourth-order valence-corrected chi connectivity index (χ4v) is 0.812. The third-order valence-corrected chi connectivity index (χ3v) is 1.46. The summed E-state index contributed by atoms with van der Waals surface area (Å²) < 4.78 is 4.89. The van der Waals surface area contributed by atoms with E-state index < -0.39 is 0 Å². The van der Waals surface area contributed by atoms with Crippen LogP contribution < -0.4 is 0 Å². The van der Waals surface area contributed by atoms with Gasteiger partial charge in [-0.15, -0.1) is 0 Å². The van der Waals surface area contributed by atoms with Crippen molar-refractivity contribution in [2.75, 3.05) is 0 Å². The van der Waals surface area contributed by atoms with Crippen molar-refractivity contribution in [1.29, 1.82) is 0 Å². The zero-order chi connectivity index (χ0) is 9.84. The Kier molecular flexibility index (Phi) is 2.84. The maximum Gasteiger partial charge on any atom is 0.333 e. The van der Waals surface area contributed by atoms with E-state index in [9.17, 15) is 4.79 Å². The zero-order valence-corrected chi connectivity index (χ0v) is 7.76. The van der Waals surface area contributed by atoms with Crippen LogP contribution in [-0.4, -0.2) is 15.9 Å². The van der Waals surface area contributed by atoms with Crippen molar-refractivity contribution in [1.82, 2.24) is 9.97 Å². The number of carbonyl (C=O) groups excluding carboxylic acids is 1. The predicted octanol–water partition coefficient (Wildman–Crippen LogP) is 1.34. The topological polar surface area (TPSA) is 55.0 Å². The Hall–Kier alpha value is -1.58. The highest BCUT2D eigenvalue weighted by molar-refractivity contribution is 5.86. The molecular formula is C9H12N2O2. The summed E-state index contributed by atoms with van der Waals surface area (Å²) in [4.78, 5) is 17.9. The van der Waals surface area contributed by atoms with Crippen LogP contribution in [0.15, 0.2) is 18.3 Å². The van der Waals surface area contributed by atoms with E-state index in [-0.39, 0.29) is 12.6 Å². The van der Waals surface area contributed by atoms with Crippen LogP contribution in [0.1, 0.15) is 18.4 Å². The van der Waals surface area contributed by atoms with Crippen molar-refractivity contribution in [3.8, 4) is 0 Å². The lowest BCUT2D eigenvalue weighted by Crippen LogP contribution is -2.04. The third kappa shape index (κ3) is 2.74. The largest absolute Gasteiger partial charge is 0.456 e. The Balaban J connectivity index is 2.44. The molecule has 0 unspecified atom stereocenters. The molecule has 1 rings (SSSR count). The van der Waals surface area contributed by atoms with Gasteiger partial charge in [0.15, 0.2) is 0 Å². The van der Waals surface area contributed by atoms with Crippen LogP contribution in [0.4, 0.5) is 0 Å². The Bertz CT molecular complexity index is 328. The van der Waals surface area contributed by atoms with Crippen LogP contribution in [0, 0.1) is 6.92 Å². The lowest BCUT2D eigenvalue weighted by molar-refractivity contribution is -0.140. The smallest absolute Gasteiger partial charge is 0.333 e. The number of H-pyrrole nitrogens is 1. The second kappa shape index (κ2) is 3.89. The van der Waals surface area contributed by atoms with Crippen molar-refractivity contribution in [3.63, 3.8) is 0 Å². The highest BCUT2D eigenvalue weighted by Crippen LogP contribution is 2.00. The van der Waals surface area contributed by atoms with E-state index in [2.05, 4.69) is 16.5 Å². The van der Waals surface area contributed by atoms with E-state index in [0.29, 0.717) is 5.57 Å². The molecule has 4 nitrogen and oxygen atoms in total. The van der Waals surface area contributed by atoms with Crippen LogP contribution in [0.3, 0.4) is 0 Å². The van der Waals surface area contributed by atoms with Crippen LogP contribution in [0.2, 0.25) is 0 Å². The highest BCUT2D eigenvalue weighted by Gasteiger charge is 2.04. The Morgan fingerprint density at radius 2 is 2.46 bits per heavy atom. The van der Waals surface area contributed by atoms with Crippen molar-refractivity contribution in [2.24, 2.45) is 0 Å². The maximum atomic E-state index is 11.0. The van der Waals surface area contributed by atoms with Crippen molar-refractivity contribution in [3.05, 3.63) is 29.9 Å². The molecule has 0 aromatic carbocycles. The maximum absolute atomic E-state index is 11.0. The number of aromatic nitrogens is 2. The number of ether oxygens (including phenoxy) is 1. The molecule has 0 aliphatic carbocycles. The molecule has 0 aliphatic rings. The van der Waals surface area contributed by atoms with E-state index in [1.54, 1.807) is 13.1 Å². The normalized spacial score (nSPS) is 9.69. The molecule has 0 radical (unpaired) electrons. The van der Waals surface area contributed by atoms with Gasteiger partial charge in [0.25, 0.3) is 0 Å². The van der Waals surface area contributed by atoms with Gasteiger partial charge in [-0.3, -0.25) is 0 Å². The third-order valence-electron chi connectivity index (χ3n) is 1.46. The van der Waals surface area contributed by atoms with Gasteiger partial charge in [-0.05, 0) is 13.8 Å². The first-order chi connectivity index (χ1) is 6.09. The lowest BCUT2D eigenvalue weighted by atomic mass is 10.4. The molecule has 1 N–H and O–H groups in total. The monoisotopic (exact) mass is 180 g/mol. The Labute approximate surface area is 76.6 Å². The average molecular weight is 180 g/mol. The second-order valence-corrected chi connectivity index (χ2v) is 2.85. The summed E-state index contributed by atoms with van der Waals surface area (Å²) >= 11 is 0. The van der Waals surface area contributed by atoms with Gasteiger partial charge in [-0.1, -0.05) is 6.58 Å². The predicted molar refractivity (Wildman–Crippen MR) is 47.9 cm³/mol. The molecule has 1 aromatic heterocycles. The van der Waals surface area contributed by atoms with Crippen molar-refractivity contribution < 1.29 is 9.53 Å². The molecule has 0 saturated carbocycles. The van der Waals surface area contributed by atoms with Gasteiger partial charge in [-0.25, -0.2) is 9.78 Å². The number of nitrogens with one attached hydrogen (secondary N) is 1. The van der Waals surface area contributed by atoms with E-state index in [4.69, 9.17) is 4.74 Å². The molecular weight excluding hydrogens is 168 g/mol. The zero-order valence-electron chi connectivity index (χ0n) is 7.76. The fourth-order valence-electron chi connectivity index (χ4n) is 0.812. The van der Waals surface area contributed by atoms with E-state index in [1.165, 1.54) is 0 Å². The average Bonchev–Trinajstić information content (AvgIpc) is 2.47. The van der Waals surface area contributed by atoms with Crippen LogP contribution in [-0.2, 0) is 16.1 Å². The van der Waals surface area contributed by atoms with Crippen LogP contribution in [0.25, 0.3) is 0 Å². The van der Waals surface area contributed by atoms with Gasteiger partial charge >= 0.3 is 5.97 Å². The lowest BCUT2D eigenvalue weighted by Gasteiger charge is -2.00. The summed E-state index contributed by atoms with van der Waals surface area (Å²) in [6.45, 7) is 7.14. The number of hydrogen-bond acceptors (Lipinski definition) is 3. The van der Waals surface area contributed by atoms with E-state index in [0.717, 1.165) is 11.5 Å². The summed E-state index contributed by atoms with van der Waals surface area (Å²) in [7, 11) is 0. The number of aromatic amines is 1. The minimum Gasteiger partial charge on any atom is -0.456 e. The molecule has 70 valence electrons. The first-order valence-corrected chi connectivity index (χ1v) is 3.92. The Morgan fingerprint density at radius 3 is 2.92 bits per heavy atom. The van der Waals surface area contributed by atoms with Crippen molar-refractivity contribution in [2.45, 2.75) is 20.5 Å². The molecule has 0 aliphatic heterocycles. The van der Waals surface area contributed by atoms with Crippen LogP contribution in [0.5, 0.6) is 0 Å². The number of nitrogens with zero attached hydrogens (tertiary/aromatic N) is 1. The van der Waals surface area contributed by atoms with Crippen LogP contribution >= 0.6 is 0 Å². The summed E-state index contributed by atoms with van der Waals surface area (Å²) in [5.41, 5.74) is 1.18. The molecule has 0 saturated heterocycles. The molecule has 1 aromatic rings. The molecule has 0 amide bonds. The second-order valence-electron chi connectivity index (χ2n) is 2.85. The number of esters is 1. The van der Waals surface area contributed by atoms with Gasteiger partial charge in [0.1, 0.15) is 12.4 Å². The number of imidazole rings is 1. The van der Waals surface area contributed by atoms with Crippen molar-refractivity contribution >= 4 is 5.97 Å². The van der Waals surface area contributed by atoms with E-state index in [1.807, 2.05) is 6.92 Å². The molecule has 0 atom stereocenters. The van der Waals surface area contributed by atoms with Gasteiger partial charge < -0.3 is 9.72 Å². The first kappa shape index (κ1) is 9.51. The summed E-state index contributed by atoms with van der Waals surface area (Å²) in [6.07, 6.45) is 1.64. The highest BCUT2D eigenvalue weighted by atomic mass is 16.5. The molecule has 1 heterocycles. The quantitative estimate of drug-likeness (QED) is 0.564. The first-order valence-electron chi connectivity index (χ1n) is 3.92. The molecule has 4 heteroatoms.